The van der Waals surface area contributed by atoms with Crippen molar-refractivity contribution in [2.45, 2.75) is 6.92 Å². The summed E-state index contributed by atoms with van der Waals surface area (Å²) in [7, 11) is 0. The van der Waals surface area contributed by atoms with Gasteiger partial charge in [-0.3, -0.25) is 9.78 Å². The van der Waals surface area contributed by atoms with E-state index in [0.717, 1.165) is 5.69 Å². The van der Waals surface area contributed by atoms with E-state index < -0.39 is 0 Å². The van der Waals surface area contributed by atoms with Gasteiger partial charge in [-0.05, 0) is 19.1 Å². The fourth-order valence-electron chi connectivity index (χ4n) is 0.591. The van der Waals surface area contributed by atoms with E-state index in [2.05, 4.69) is 22.2 Å². The Morgan fingerprint density at radius 1 is 1.56 bits per heavy atom. The summed E-state index contributed by atoms with van der Waals surface area (Å²) >= 11 is 4.68. The molecule has 2 N–H and O–H groups in total. The van der Waals surface area contributed by atoms with Gasteiger partial charge in [-0.1, -0.05) is 0 Å². The Labute approximate surface area is 56.8 Å². The van der Waals surface area contributed by atoms with Crippen molar-refractivity contribution in [1.82, 2.24) is 9.97 Å². The average molecular weight is 145 g/mol. The van der Waals surface area contributed by atoms with Crippen LogP contribution in [0, 0.1) is 11.7 Å². The molecule has 0 spiro atoms. The van der Waals surface area contributed by atoms with Gasteiger partial charge >= 0.3 is 0 Å². The zero-order chi connectivity index (χ0) is 6.85. The lowest BCUT2D eigenvalue weighted by Gasteiger charge is -1.87. The topological polar surface area (TPSA) is 48.6 Å². The van der Waals surface area contributed by atoms with E-state index in [1.807, 2.05) is 0 Å². The number of nitrogens with one attached hydrogen (secondary N) is 2. The van der Waals surface area contributed by atoms with Gasteiger partial charge in [0, 0.05) is 11.8 Å². The summed E-state index contributed by atoms with van der Waals surface area (Å²) in [4.78, 5) is 15.8. The molecule has 1 aromatic rings. The Bertz CT molecular complexity index is 283. The number of rotatable bonds is 0. The first-order valence-electron chi connectivity index (χ1n) is 2.49. The molecule has 0 saturated heterocycles. The Hall–Kier alpha value is -0.900. The fourth-order valence-corrected chi connectivity index (χ4v) is 0.853. The van der Waals surface area contributed by atoms with E-state index in [9.17, 15) is 4.79 Å². The third kappa shape index (κ3) is 1.50. The molecule has 0 aliphatic carbocycles. The van der Waals surface area contributed by atoms with Gasteiger partial charge in [-0.2, -0.15) is 0 Å². The third-order valence-electron chi connectivity index (χ3n) is 0.895. The molecule has 0 amide bonds. The Balaban J connectivity index is 3.52. The first kappa shape index (κ1) is 6.22. The molecular weight excluding hydrogens is 139 g/mol. The highest BCUT2D eigenvalue weighted by Crippen LogP contribution is 1.81. The van der Waals surface area contributed by atoms with Crippen molar-refractivity contribution in [1.29, 1.82) is 0 Å². The molecule has 0 radical (unpaired) electrons. The maximum absolute atomic E-state index is 10.6. The van der Waals surface area contributed by atoms with Gasteiger partial charge in [-0.15, -0.1) is 0 Å². The van der Waals surface area contributed by atoms with Crippen molar-refractivity contribution >= 4 is 12.2 Å². The molecule has 0 aromatic carbocycles. The van der Waals surface area contributed by atoms with Gasteiger partial charge in [0.25, 0.3) is 5.56 Å². The van der Waals surface area contributed by atoms with Gasteiger partial charge in [0.1, 0.15) is 0 Å². The Morgan fingerprint density at radius 3 is 2.67 bits per heavy atom. The molecule has 0 aliphatic heterocycles. The van der Waals surface area contributed by atoms with Gasteiger partial charge in [0.2, 0.25) is 0 Å². The summed E-state index contributed by atoms with van der Waals surface area (Å²) in [5.41, 5.74) is 0.625. The van der Waals surface area contributed by atoms with Gasteiger partial charge in [0.15, 0.2) is 4.77 Å². The number of aryl methyl sites for hydroxylation is 1. The van der Waals surface area contributed by atoms with Gasteiger partial charge in [-0.25, -0.2) is 0 Å². The Kier molecular flexibility index (Phi) is 1.48. The molecule has 0 atom stereocenters. The summed E-state index contributed by atoms with van der Waals surface area (Å²) < 4.78 is 0.375. The largest absolute Gasteiger partial charge is 0.336 e. The lowest BCUT2D eigenvalue weighted by Crippen LogP contribution is -2.05. The third-order valence-corrected chi connectivity index (χ3v) is 1.10. The second kappa shape index (κ2) is 2.14. The van der Waals surface area contributed by atoms with Crippen LogP contribution in [0.15, 0.2) is 10.9 Å². The van der Waals surface area contributed by atoms with E-state index in [1.165, 1.54) is 6.07 Å². The highest BCUT2D eigenvalue weighted by atomic mass is 32.1. The van der Waals surface area contributed by atoms with Crippen molar-refractivity contribution in [2.75, 3.05) is 0 Å². The first-order chi connectivity index (χ1) is 4.18. The average Bonchev–Trinajstić information content (AvgIpc) is 1.59. The van der Waals surface area contributed by atoms with Crippen LogP contribution in [-0.2, 0) is 0 Å². The maximum atomic E-state index is 10.6. The highest BCUT2D eigenvalue weighted by Gasteiger charge is 1.83. The molecular formula is C5H6N2OS. The minimum Gasteiger partial charge on any atom is -0.336 e. The second-order valence-electron chi connectivity index (χ2n) is 1.77. The van der Waals surface area contributed by atoms with E-state index in [-0.39, 0.29) is 5.56 Å². The number of aromatic amines is 2. The molecule has 9 heavy (non-hydrogen) atoms. The van der Waals surface area contributed by atoms with E-state index in [0.29, 0.717) is 4.77 Å². The second-order valence-corrected chi connectivity index (χ2v) is 2.18. The lowest BCUT2D eigenvalue weighted by atomic mass is 10.5. The standard InChI is InChI=1S/C5H6N2OS/c1-3-2-4(8)7-5(9)6-3/h2H,1H3,(H2,6,7,8,9)/i5+1,6+1,7+1. The van der Waals surface area contributed by atoms with Crippen LogP contribution in [0.3, 0.4) is 0 Å². The summed E-state index contributed by atoms with van der Waals surface area (Å²) in [6, 6.07) is 1.45. The zero-order valence-electron chi connectivity index (χ0n) is 4.89. The van der Waals surface area contributed by atoms with Crippen LogP contribution in [0.2, 0.25) is 0 Å². The quantitative estimate of drug-likeness (QED) is 0.529. The molecule has 1 rings (SSSR count). The van der Waals surface area contributed by atoms with E-state index >= 15 is 0 Å². The number of hydrogen-bond donors (Lipinski definition) is 2. The van der Waals surface area contributed by atoms with Crippen molar-refractivity contribution in [3.8, 4) is 0 Å². The molecule has 0 saturated carbocycles. The van der Waals surface area contributed by atoms with Gasteiger partial charge < -0.3 is 4.98 Å². The number of aromatic nitrogens is 2. The molecule has 48 valence electrons. The monoisotopic (exact) mass is 145 g/mol. The molecule has 0 bridgehead atoms. The van der Waals surface area contributed by atoms with Crippen LogP contribution in [0.5, 0.6) is 0 Å². The minimum atomic E-state index is -0.156. The van der Waals surface area contributed by atoms with Crippen molar-refractivity contribution < 1.29 is 0 Å². The smallest absolute Gasteiger partial charge is 0.251 e. The molecule has 0 unspecified atom stereocenters. The van der Waals surface area contributed by atoms with Crippen LogP contribution in [-0.4, -0.2) is 9.97 Å². The summed E-state index contributed by atoms with van der Waals surface area (Å²) in [5, 5.41) is 0. The molecule has 3 nitrogen and oxygen atoms in total. The lowest BCUT2D eigenvalue weighted by molar-refractivity contribution is 1.04. The minimum absolute atomic E-state index is 0.156. The van der Waals surface area contributed by atoms with Crippen molar-refractivity contribution in [3.05, 3.63) is 26.9 Å². The maximum Gasteiger partial charge on any atom is 0.251 e. The summed E-state index contributed by atoms with van der Waals surface area (Å²) in [6.45, 7) is 1.78. The molecule has 0 fully saturated rings. The number of H-pyrrole nitrogens is 2. The van der Waals surface area contributed by atoms with Crippen LogP contribution >= 0.6 is 12.2 Å². The van der Waals surface area contributed by atoms with Crippen LogP contribution in [0.4, 0.5) is 0 Å². The predicted molar refractivity (Wildman–Crippen MR) is 37.0 cm³/mol. The van der Waals surface area contributed by atoms with Crippen LogP contribution in [0.25, 0.3) is 0 Å². The van der Waals surface area contributed by atoms with Crippen molar-refractivity contribution in [2.24, 2.45) is 0 Å². The Morgan fingerprint density at radius 2 is 2.22 bits per heavy atom. The SMILES string of the molecule is Cc1cc(=O)[15nH][13c](=S)[15nH]1. The van der Waals surface area contributed by atoms with E-state index in [1.54, 1.807) is 6.92 Å². The number of hydrogen-bond acceptors (Lipinski definition) is 2. The predicted octanol–water partition coefficient (Wildman–Crippen LogP) is 0.741. The van der Waals surface area contributed by atoms with Gasteiger partial charge in [0.05, 0.1) is 0 Å². The molecule has 4 heteroatoms. The van der Waals surface area contributed by atoms with E-state index in [4.69, 9.17) is 0 Å². The highest BCUT2D eigenvalue weighted by molar-refractivity contribution is 7.71. The molecule has 0 aliphatic rings. The summed E-state index contributed by atoms with van der Waals surface area (Å²) in [5.74, 6) is 0. The molecule has 1 aromatic heterocycles. The van der Waals surface area contributed by atoms with Crippen molar-refractivity contribution in [3.63, 3.8) is 0 Å². The zero-order valence-corrected chi connectivity index (χ0v) is 5.71. The van der Waals surface area contributed by atoms with Crippen LogP contribution in [0.1, 0.15) is 5.69 Å². The summed E-state index contributed by atoms with van der Waals surface area (Å²) in [6.07, 6.45) is 0. The first-order valence-corrected chi connectivity index (χ1v) is 2.89. The fraction of sp³-hybridized carbons (Fsp3) is 0.200. The molecule has 1 heterocycles. The van der Waals surface area contributed by atoms with Crippen LogP contribution < -0.4 is 5.56 Å². The normalized spacial score (nSPS) is 9.44.